The zero-order valence-electron chi connectivity index (χ0n) is 18.3. The highest BCUT2D eigenvalue weighted by Crippen LogP contribution is 2.07. The van der Waals surface area contributed by atoms with E-state index in [0.717, 1.165) is 24.8 Å². The van der Waals surface area contributed by atoms with E-state index in [1.807, 2.05) is 51.1 Å². The lowest BCUT2D eigenvalue weighted by molar-refractivity contribution is 0.0912. The van der Waals surface area contributed by atoms with Crippen molar-refractivity contribution in [2.45, 2.75) is 46.1 Å². The second-order valence-electron chi connectivity index (χ2n) is 6.50. The standard InChI is InChI=1S/C16H23NO3.C7H8O.C2H4/c1-3-14(12-18)9-6-4-5-8-13(2)17-16(19)15-10-7-11-20-15;1-6-2-4-7(8)5-3-6;1-2/h4-5,7,9-11,13,18H,3,6,8,12H2,1-2H3,(H,17,19);2-5,8H,1H3;1-2H2/b5-4-,14-9+;;. The van der Waals surface area contributed by atoms with E-state index < -0.39 is 0 Å². The molecule has 0 saturated carbocycles. The summed E-state index contributed by atoms with van der Waals surface area (Å²) >= 11 is 0. The number of aromatic hydroxyl groups is 1. The van der Waals surface area contributed by atoms with Crippen molar-refractivity contribution < 1.29 is 19.4 Å². The van der Waals surface area contributed by atoms with Crippen LogP contribution in [0.4, 0.5) is 0 Å². The van der Waals surface area contributed by atoms with E-state index in [4.69, 9.17) is 14.6 Å². The summed E-state index contributed by atoms with van der Waals surface area (Å²) < 4.78 is 5.03. The van der Waals surface area contributed by atoms with Crippen molar-refractivity contribution in [1.29, 1.82) is 0 Å². The summed E-state index contributed by atoms with van der Waals surface area (Å²) in [5.41, 5.74) is 2.22. The Hall–Kier alpha value is -3.05. The van der Waals surface area contributed by atoms with Gasteiger partial charge in [0.25, 0.3) is 5.91 Å². The van der Waals surface area contributed by atoms with Crippen LogP contribution in [-0.2, 0) is 0 Å². The molecule has 5 nitrogen and oxygen atoms in total. The van der Waals surface area contributed by atoms with Crippen LogP contribution in [0.5, 0.6) is 5.75 Å². The van der Waals surface area contributed by atoms with Crippen molar-refractivity contribution in [3.8, 4) is 5.75 Å². The highest BCUT2D eigenvalue weighted by atomic mass is 16.3. The highest BCUT2D eigenvalue weighted by Gasteiger charge is 2.10. The molecule has 164 valence electrons. The predicted molar refractivity (Wildman–Crippen MR) is 124 cm³/mol. The number of aliphatic hydroxyl groups is 1. The molecule has 3 N–H and O–H groups in total. The molecule has 0 aliphatic rings. The lowest BCUT2D eigenvalue weighted by Gasteiger charge is -2.10. The number of phenols is 1. The average Bonchev–Trinajstić information content (AvgIpc) is 3.30. The predicted octanol–water partition coefficient (Wildman–Crippen LogP) is 5.57. The Morgan fingerprint density at radius 3 is 2.37 bits per heavy atom. The number of phenolic OH excluding ortho intramolecular Hbond substituents is 1. The third-order valence-electron chi connectivity index (χ3n) is 4.01. The minimum atomic E-state index is -0.190. The summed E-state index contributed by atoms with van der Waals surface area (Å²) in [7, 11) is 0. The third kappa shape index (κ3) is 12.4. The molecule has 0 fully saturated rings. The number of benzene rings is 1. The van der Waals surface area contributed by atoms with Crippen molar-refractivity contribution in [1.82, 2.24) is 5.32 Å². The molecule has 1 aromatic carbocycles. The number of carbonyl (C=O) groups excluding carboxylic acids is 1. The van der Waals surface area contributed by atoms with Gasteiger partial charge in [0.1, 0.15) is 5.75 Å². The summed E-state index contributed by atoms with van der Waals surface area (Å²) in [6.45, 7) is 12.1. The molecular weight excluding hydrogens is 378 g/mol. The van der Waals surface area contributed by atoms with Crippen LogP contribution in [0.2, 0.25) is 0 Å². The van der Waals surface area contributed by atoms with Crippen LogP contribution in [0.15, 0.2) is 84.0 Å². The molecule has 1 unspecified atom stereocenters. The number of nitrogens with one attached hydrogen (secondary N) is 1. The maximum atomic E-state index is 11.7. The SMILES string of the molecule is C=C.CC/C(=C\C/C=C\CC(C)NC(=O)c1ccco1)CO.Cc1ccc(O)cc1. The molecule has 2 rings (SSSR count). The molecule has 0 saturated heterocycles. The molecule has 0 spiro atoms. The lowest BCUT2D eigenvalue weighted by atomic mass is 10.1. The van der Waals surface area contributed by atoms with Crippen LogP contribution in [0, 0.1) is 6.92 Å². The Kier molecular flexibility index (Phi) is 15.1. The van der Waals surface area contributed by atoms with E-state index in [-0.39, 0.29) is 18.6 Å². The van der Waals surface area contributed by atoms with Gasteiger partial charge in [-0.15, -0.1) is 13.2 Å². The minimum Gasteiger partial charge on any atom is -0.508 e. The Labute approximate surface area is 180 Å². The number of carbonyl (C=O) groups is 1. The summed E-state index contributed by atoms with van der Waals surface area (Å²) in [6, 6.07) is 10.5. The lowest BCUT2D eigenvalue weighted by Crippen LogP contribution is -2.31. The number of furan rings is 1. The van der Waals surface area contributed by atoms with Gasteiger partial charge in [0, 0.05) is 6.04 Å². The molecule has 1 aromatic heterocycles. The monoisotopic (exact) mass is 413 g/mol. The fraction of sp³-hybridized carbons (Fsp3) is 0.320. The largest absolute Gasteiger partial charge is 0.508 e. The summed E-state index contributed by atoms with van der Waals surface area (Å²) in [5.74, 6) is 0.472. The van der Waals surface area contributed by atoms with Crippen molar-refractivity contribution in [3.63, 3.8) is 0 Å². The van der Waals surface area contributed by atoms with Crippen LogP contribution in [0.3, 0.4) is 0 Å². The molecule has 0 bridgehead atoms. The Balaban J connectivity index is 0.000000696. The summed E-state index contributed by atoms with van der Waals surface area (Å²) in [6.07, 6.45) is 10.0. The smallest absolute Gasteiger partial charge is 0.287 e. The van der Waals surface area contributed by atoms with Gasteiger partial charge in [-0.05, 0) is 62.9 Å². The molecule has 30 heavy (non-hydrogen) atoms. The Morgan fingerprint density at radius 2 is 1.87 bits per heavy atom. The van der Waals surface area contributed by atoms with Crippen LogP contribution in [-0.4, -0.2) is 28.8 Å². The molecule has 1 heterocycles. The molecular formula is C25H35NO4. The third-order valence-corrected chi connectivity index (χ3v) is 4.01. The number of rotatable bonds is 8. The van der Waals surface area contributed by atoms with E-state index in [9.17, 15) is 4.79 Å². The van der Waals surface area contributed by atoms with Gasteiger partial charge in [-0.2, -0.15) is 0 Å². The van der Waals surface area contributed by atoms with Gasteiger partial charge in [-0.25, -0.2) is 0 Å². The van der Waals surface area contributed by atoms with Gasteiger partial charge in [-0.3, -0.25) is 4.79 Å². The van der Waals surface area contributed by atoms with E-state index in [1.54, 1.807) is 24.3 Å². The summed E-state index contributed by atoms with van der Waals surface area (Å²) in [4.78, 5) is 11.7. The van der Waals surface area contributed by atoms with Gasteiger partial charge in [0.15, 0.2) is 5.76 Å². The molecule has 2 aromatic rings. The van der Waals surface area contributed by atoms with Gasteiger partial charge in [0.2, 0.25) is 0 Å². The number of allylic oxidation sites excluding steroid dienone is 2. The first-order valence-corrected chi connectivity index (χ1v) is 10.00. The number of hydrogen-bond donors (Lipinski definition) is 3. The van der Waals surface area contributed by atoms with Crippen LogP contribution in [0.25, 0.3) is 0 Å². The number of amides is 1. The Morgan fingerprint density at radius 1 is 1.20 bits per heavy atom. The molecule has 0 radical (unpaired) electrons. The molecule has 0 aliphatic carbocycles. The van der Waals surface area contributed by atoms with Crippen LogP contribution in [0.1, 0.15) is 49.2 Å². The van der Waals surface area contributed by atoms with E-state index in [2.05, 4.69) is 18.5 Å². The first-order valence-electron chi connectivity index (χ1n) is 10.00. The Bertz CT molecular complexity index is 719. The zero-order valence-corrected chi connectivity index (χ0v) is 18.3. The molecule has 5 heteroatoms. The summed E-state index contributed by atoms with van der Waals surface area (Å²) in [5, 5.41) is 20.6. The molecule has 0 aliphatic heterocycles. The second-order valence-corrected chi connectivity index (χ2v) is 6.50. The fourth-order valence-electron chi connectivity index (χ4n) is 2.26. The van der Waals surface area contributed by atoms with E-state index >= 15 is 0 Å². The number of aryl methyl sites for hydroxylation is 1. The van der Waals surface area contributed by atoms with Gasteiger partial charge >= 0.3 is 0 Å². The van der Waals surface area contributed by atoms with Gasteiger partial charge in [0.05, 0.1) is 12.9 Å². The maximum Gasteiger partial charge on any atom is 0.287 e. The molecule has 1 atom stereocenters. The first kappa shape index (κ1) is 27.0. The van der Waals surface area contributed by atoms with Crippen LogP contribution < -0.4 is 5.32 Å². The van der Waals surface area contributed by atoms with Crippen LogP contribution >= 0.6 is 0 Å². The first-order chi connectivity index (χ1) is 14.5. The normalized spacial score (nSPS) is 11.7. The van der Waals surface area contributed by atoms with Crippen molar-refractivity contribution >= 4 is 5.91 Å². The van der Waals surface area contributed by atoms with E-state index in [1.165, 1.54) is 11.8 Å². The quantitative estimate of drug-likeness (QED) is 0.494. The fourth-order valence-corrected chi connectivity index (χ4v) is 2.26. The highest BCUT2D eigenvalue weighted by molar-refractivity contribution is 5.91. The van der Waals surface area contributed by atoms with Gasteiger partial charge < -0.3 is 19.9 Å². The topological polar surface area (TPSA) is 82.7 Å². The average molecular weight is 414 g/mol. The maximum absolute atomic E-state index is 11.7. The zero-order chi connectivity index (χ0) is 22.8. The van der Waals surface area contributed by atoms with Crippen molar-refractivity contribution in [3.05, 3.63) is 90.9 Å². The minimum absolute atomic E-state index is 0.0521. The van der Waals surface area contributed by atoms with E-state index in [0.29, 0.717) is 11.5 Å². The van der Waals surface area contributed by atoms with Crippen molar-refractivity contribution in [2.75, 3.05) is 6.61 Å². The number of aliphatic hydroxyl groups excluding tert-OH is 1. The van der Waals surface area contributed by atoms with Gasteiger partial charge in [-0.1, -0.05) is 42.8 Å². The molecule has 1 amide bonds. The van der Waals surface area contributed by atoms with Crippen molar-refractivity contribution in [2.24, 2.45) is 0 Å². The second kappa shape index (κ2) is 16.9. The number of hydrogen-bond acceptors (Lipinski definition) is 4.